The van der Waals surface area contributed by atoms with E-state index in [0.29, 0.717) is 0 Å². The molecule has 0 radical (unpaired) electrons. The Morgan fingerprint density at radius 3 is 3.00 bits per heavy atom. The van der Waals surface area contributed by atoms with Gasteiger partial charge < -0.3 is 15.0 Å². The van der Waals surface area contributed by atoms with Gasteiger partial charge in [-0.15, -0.1) is 0 Å². The SMILES string of the molecule is COC(=O)C(C)N1CCNCc2ccccc21. The first kappa shape index (κ1) is 11.9. The number of ether oxygens (including phenoxy) is 1. The fourth-order valence-corrected chi connectivity index (χ4v) is 2.18. The van der Waals surface area contributed by atoms with Crippen molar-refractivity contribution in [3.8, 4) is 0 Å². The van der Waals surface area contributed by atoms with Crippen LogP contribution in [-0.4, -0.2) is 32.2 Å². The summed E-state index contributed by atoms with van der Waals surface area (Å²) >= 11 is 0. The van der Waals surface area contributed by atoms with Crippen LogP contribution in [-0.2, 0) is 16.1 Å². The van der Waals surface area contributed by atoms with Crippen LogP contribution in [0.3, 0.4) is 0 Å². The first-order valence-corrected chi connectivity index (χ1v) is 5.87. The molecule has 1 aromatic carbocycles. The molecule has 2 rings (SSSR count). The highest BCUT2D eigenvalue weighted by molar-refractivity contribution is 5.80. The summed E-state index contributed by atoms with van der Waals surface area (Å²) in [5.74, 6) is -0.193. The number of hydrogen-bond donors (Lipinski definition) is 1. The summed E-state index contributed by atoms with van der Waals surface area (Å²) in [4.78, 5) is 13.7. The minimum atomic E-state index is -0.249. The molecule has 1 aromatic rings. The molecule has 0 spiro atoms. The van der Waals surface area contributed by atoms with Gasteiger partial charge in [0.25, 0.3) is 0 Å². The highest BCUT2D eigenvalue weighted by atomic mass is 16.5. The minimum absolute atomic E-state index is 0.193. The van der Waals surface area contributed by atoms with Crippen molar-refractivity contribution in [3.63, 3.8) is 0 Å². The Balaban J connectivity index is 2.31. The number of carbonyl (C=O) groups is 1. The molecule has 0 aromatic heterocycles. The van der Waals surface area contributed by atoms with Gasteiger partial charge in [-0.25, -0.2) is 4.79 Å². The number of para-hydroxylation sites is 1. The summed E-state index contributed by atoms with van der Waals surface area (Å²) in [7, 11) is 1.43. The molecule has 0 saturated heterocycles. The van der Waals surface area contributed by atoms with E-state index in [1.165, 1.54) is 12.7 Å². The lowest BCUT2D eigenvalue weighted by molar-refractivity contribution is -0.141. The molecule has 17 heavy (non-hydrogen) atoms. The third kappa shape index (κ3) is 2.42. The third-order valence-electron chi connectivity index (χ3n) is 3.16. The monoisotopic (exact) mass is 234 g/mol. The number of esters is 1. The predicted octanol–water partition coefficient (Wildman–Crippen LogP) is 1.16. The number of fused-ring (bicyclic) bond motifs is 1. The maximum absolute atomic E-state index is 11.6. The Labute approximate surface area is 102 Å². The van der Waals surface area contributed by atoms with Crippen LogP contribution in [0.25, 0.3) is 0 Å². The zero-order chi connectivity index (χ0) is 12.3. The van der Waals surface area contributed by atoms with Gasteiger partial charge in [0.05, 0.1) is 7.11 Å². The Morgan fingerprint density at radius 1 is 1.47 bits per heavy atom. The quantitative estimate of drug-likeness (QED) is 0.780. The van der Waals surface area contributed by atoms with Crippen molar-refractivity contribution >= 4 is 11.7 Å². The zero-order valence-electron chi connectivity index (χ0n) is 10.3. The fraction of sp³-hybridized carbons (Fsp3) is 0.462. The topological polar surface area (TPSA) is 41.6 Å². The normalized spacial score (nSPS) is 16.9. The molecule has 1 aliphatic rings. The molecule has 1 aliphatic heterocycles. The minimum Gasteiger partial charge on any atom is -0.467 e. The number of rotatable bonds is 2. The van der Waals surface area contributed by atoms with E-state index in [0.717, 1.165) is 25.3 Å². The highest BCUT2D eigenvalue weighted by Crippen LogP contribution is 2.24. The van der Waals surface area contributed by atoms with Crippen molar-refractivity contribution in [1.29, 1.82) is 0 Å². The van der Waals surface area contributed by atoms with E-state index in [1.54, 1.807) is 0 Å². The lowest BCUT2D eigenvalue weighted by Crippen LogP contribution is -2.42. The number of methoxy groups -OCH3 is 1. The second kappa shape index (κ2) is 5.19. The van der Waals surface area contributed by atoms with Crippen LogP contribution in [0, 0.1) is 0 Å². The van der Waals surface area contributed by atoms with Gasteiger partial charge in [0.1, 0.15) is 6.04 Å². The van der Waals surface area contributed by atoms with Gasteiger partial charge in [0.15, 0.2) is 0 Å². The molecule has 4 heteroatoms. The van der Waals surface area contributed by atoms with Crippen LogP contribution in [0.2, 0.25) is 0 Å². The number of carbonyl (C=O) groups excluding carboxylic acids is 1. The molecule has 0 amide bonds. The first-order valence-electron chi connectivity index (χ1n) is 5.87. The number of nitrogens with zero attached hydrogens (tertiary/aromatic N) is 1. The van der Waals surface area contributed by atoms with E-state index in [1.807, 2.05) is 19.1 Å². The molecule has 1 N–H and O–H groups in total. The lowest BCUT2D eigenvalue weighted by Gasteiger charge is -2.29. The number of nitrogens with one attached hydrogen (secondary N) is 1. The standard InChI is InChI=1S/C13H18N2O2/c1-10(13(16)17-2)15-8-7-14-9-11-5-3-4-6-12(11)15/h3-6,10,14H,7-9H2,1-2H3. The van der Waals surface area contributed by atoms with Gasteiger partial charge in [-0.3, -0.25) is 0 Å². The Kier molecular flexibility index (Phi) is 3.64. The molecular weight excluding hydrogens is 216 g/mol. The summed E-state index contributed by atoms with van der Waals surface area (Å²) in [6.07, 6.45) is 0. The van der Waals surface area contributed by atoms with Crippen LogP contribution in [0.15, 0.2) is 24.3 Å². The van der Waals surface area contributed by atoms with Crippen molar-refractivity contribution in [2.24, 2.45) is 0 Å². The summed E-state index contributed by atoms with van der Waals surface area (Å²) in [5, 5.41) is 3.35. The van der Waals surface area contributed by atoms with E-state index in [-0.39, 0.29) is 12.0 Å². The third-order valence-corrected chi connectivity index (χ3v) is 3.16. The summed E-state index contributed by atoms with van der Waals surface area (Å²) < 4.78 is 4.82. The van der Waals surface area contributed by atoms with Crippen LogP contribution >= 0.6 is 0 Å². The van der Waals surface area contributed by atoms with Gasteiger partial charge in [-0.05, 0) is 18.6 Å². The predicted molar refractivity (Wildman–Crippen MR) is 67.0 cm³/mol. The largest absolute Gasteiger partial charge is 0.467 e. The zero-order valence-corrected chi connectivity index (χ0v) is 10.3. The lowest BCUT2D eigenvalue weighted by atomic mass is 10.1. The van der Waals surface area contributed by atoms with Crippen LogP contribution in [0.1, 0.15) is 12.5 Å². The molecule has 0 saturated carbocycles. The maximum Gasteiger partial charge on any atom is 0.328 e. The molecule has 0 bridgehead atoms. The number of hydrogen-bond acceptors (Lipinski definition) is 4. The van der Waals surface area contributed by atoms with E-state index < -0.39 is 0 Å². The smallest absolute Gasteiger partial charge is 0.328 e. The van der Waals surface area contributed by atoms with Gasteiger partial charge in [0, 0.05) is 25.3 Å². The second-order valence-corrected chi connectivity index (χ2v) is 4.20. The van der Waals surface area contributed by atoms with Crippen molar-refractivity contribution in [2.75, 3.05) is 25.1 Å². The summed E-state index contributed by atoms with van der Waals surface area (Å²) in [6, 6.07) is 7.92. The molecular formula is C13H18N2O2. The van der Waals surface area contributed by atoms with Gasteiger partial charge >= 0.3 is 5.97 Å². The van der Waals surface area contributed by atoms with E-state index >= 15 is 0 Å². The Hall–Kier alpha value is -1.55. The van der Waals surface area contributed by atoms with E-state index in [2.05, 4.69) is 22.3 Å². The molecule has 4 nitrogen and oxygen atoms in total. The molecule has 0 aliphatic carbocycles. The van der Waals surface area contributed by atoms with Crippen LogP contribution in [0.5, 0.6) is 0 Å². The average Bonchev–Trinajstić information content (AvgIpc) is 2.59. The van der Waals surface area contributed by atoms with Crippen LogP contribution < -0.4 is 10.2 Å². The average molecular weight is 234 g/mol. The number of anilines is 1. The van der Waals surface area contributed by atoms with Gasteiger partial charge in [-0.1, -0.05) is 18.2 Å². The van der Waals surface area contributed by atoms with Crippen molar-refractivity contribution in [2.45, 2.75) is 19.5 Å². The van der Waals surface area contributed by atoms with Gasteiger partial charge in [-0.2, -0.15) is 0 Å². The van der Waals surface area contributed by atoms with Crippen molar-refractivity contribution < 1.29 is 9.53 Å². The van der Waals surface area contributed by atoms with Crippen LogP contribution in [0.4, 0.5) is 5.69 Å². The molecule has 1 atom stereocenters. The molecule has 1 heterocycles. The summed E-state index contributed by atoms with van der Waals surface area (Å²) in [6.45, 7) is 4.41. The first-order chi connectivity index (χ1) is 8.24. The number of benzene rings is 1. The van der Waals surface area contributed by atoms with E-state index in [4.69, 9.17) is 4.74 Å². The fourth-order valence-electron chi connectivity index (χ4n) is 2.18. The Morgan fingerprint density at radius 2 is 2.24 bits per heavy atom. The van der Waals surface area contributed by atoms with Gasteiger partial charge in [0.2, 0.25) is 0 Å². The van der Waals surface area contributed by atoms with Crippen molar-refractivity contribution in [3.05, 3.63) is 29.8 Å². The molecule has 92 valence electrons. The van der Waals surface area contributed by atoms with E-state index in [9.17, 15) is 4.79 Å². The highest BCUT2D eigenvalue weighted by Gasteiger charge is 2.24. The molecule has 1 unspecified atom stereocenters. The maximum atomic E-state index is 11.6. The second-order valence-electron chi connectivity index (χ2n) is 4.20. The summed E-state index contributed by atoms with van der Waals surface area (Å²) in [5.41, 5.74) is 2.34. The molecule has 0 fully saturated rings. The van der Waals surface area contributed by atoms with Crippen molar-refractivity contribution in [1.82, 2.24) is 5.32 Å². The Bertz CT molecular complexity index is 406.